The number of carbonyl (C=O) groups is 1. The summed E-state index contributed by atoms with van der Waals surface area (Å²) in [5.41, 5.74) is 0.216. The Bertz CT molecular complexity index is 322. The standard InChI is InChI=1S/C13H21N3O/c1-3-6-15-13(17)12(9-14)10-16-7-4-11(2)5-8-16/h10-11H,3-8H2,1-2H3,(H,15,17)/b12-10-. The summed E-state index contributed by atoms with van der Waals surface area (Å²) in [6.45, 7) is 6.72. The van der Waals surface area contributed by atoms with Crippen molar-refractivity contribution in [1.82, 2.24) is 10.2 Å². The van der Waals surface area contributed by atoms with E-state index in [1.165, 1.54) is 0 Å². The van der Waals surface area contributed by atoms with E-state index in [4.69, 9.17) is 5.26 Å². The van der Waals surface area contributed by atoms with Gasteiger partial charge in [0, 0.05) is 25.8 Å². The topological polar surface area (TPSA) is 56.1 Å². The average Bonchev–Trinajstić information content (AvgIpc) is 2.35. The molecule has 4 heteroatoms. The highest BCUT2D eigenvalue weighted by Crippen LogP contribution is 2.16. The Morgan fingerprint density at radius 1 is 1.53 bits per heavy atom. The molecule has 1 heterocycles. The van der Waals surface area contributed by atoms with Gasteiger partial charge < -0.3 is 10.2 Å². The Morgan fingerprint density at radius 3 is 2.71 bits per heavy atom. The second-order valence-electron chi connectivity index (χ2n) is 4.63. The second-order valence-corrected chi connectivity index (χ2v) is 4.63. The van der Waals surface area contributed by atoms with Crippen LogP contribution in [0, 0.1) is 17.2 Å². The third-order valence-corrected chi connectivity index (χ3v) is 3.03. The number of hydrogen-bond donors (Lipinski definition) is 1. The third kappa shape index (κ3) is 4.48. The normalized spacial score (nSPS) is 17.7. The van der Waals surface area contributed by atoms with Crippen molar-refractivity contribution in [2.45, 2.75) is 33.1 Å². The van der Waals surface area contributed by atoms with Crippen molar-refractivity contribution < 1.29 is 4.79 Å². The largest absolute Gasteiger partial charge is 0.376 e. The minimum atomic E-state index is -0.257. The molecule has 94 valence electrons. The number of piperidine rings is 1. The van der Waals surface area contributed by atoms with Crippen LogP contribution in [-0.4, -0.2) is 30.4 Å². The molecule has 1 saturated heterocycles. The van der Waals surface area contributed by atoms with Crippen molar-refractivity contribution in [3.05, 3.63) is 11.8 Å². The van der Waals surface area contributed by atoms with E-state index in [2.05, 4.69) is 17.1 Å². The van der Waals surface area contributed by atoms with Crippen molar-refractivity contribution in [3.63, 3.8) is 0 Å². The summed E-state index contributed by atoms with van der Waals surface area (Å²) < 4.78 is 0. The molecule has 0 bridgehead atoms. The number of nitriles is 1. The lowest BCUT2D eigenvalue weighted by Gasteiger charge is -2.29. The van der Waals surface area contributed by atoms with Gasteiger partial charge >= 0.3 is 0 Å². The van der Waals surface area contributed by atoms with Crippen LogP contribution in [-0.2, 0) is 4.79 Å². The number of nitrogens with zero attached hydrogens (tertiary/aromatic N) is 2. The summed E-state index contributed by atoms with van der Waals surface area (Å²) in [4.78, 5) is 13.7. The van der Waals surface area contributed by atoms with E-state index in [0.717, 1.165) is 38.3 Å². The first-order valence-electron chi connectivity index (χ1n) is 6.31. The molecule has 1 rings (SSSR count). The first-order valence-corrected chi connectivity index (χ1v) is 6.31. The molecule has 0 radical (unpaired) electrons. The minimum absolute atomic E-state index is 0.216. The van der Waals surface area contributed by atoms with Crippen LogP contribution in [0.1, 0.15) is 33.1 Å². The van der Waals surface area contributed by atoms with Crippen LogP contribution in [0.2, 0.25) is 0 Å². The van der Waals surface area contributed by atoms with Crippen LogP contribution >= 0.6 is 0 Å². The van der Waals surface area contributed by atoms with Gasteiger partial charge in [0.15, 0.2) is 0 Å². The molecule has 1 aliphatic rings. The van der Waals surface area contributed by atoms with Gasteiger partial charge in [0.25, 0.3) is 5.91 Å². The van der Waals surface area contributed by atoms with Crippen LogP contribution in [0.3, 0.4) is 0 Å². The summed E-state index contributed by atoms with van der Waals surface area (Å²) in [5, 5.41) is 11.7. The molecule has 0 aromatic heterocycles. The Morgan fingerprint density at radius 2 is 2.18 bits per heavy atom. The second kappa shape index (κ2) is 6.95. The molecule has 1 aliphatic heterocycles. The fourth-order valence-corrected chi connectivity index (χ4v) is 1.81. The molecule has 0 aromatic carbocycles. The molecule has 0 aliphatic carbocycles. The maximum Gasteiger partial charge on any atom is 0.263 e. The van der Waals surface area contributed by atoms with Crippen LogP contribution in [0.5, 0.6) is 0 Å². The number of nitrogens with one attached hydrogen (secondary N) is 1. The Kier molecular flexibility index (Phi) is 5.55. The minimum Gasteiger partial charge on any atom is -0.376 e. The third-order valence-electron chi connectivity index (χ3n) is 3.03. The monoisotopic (exact) mass is 235 g/mol. The molecule has 0 saturated carbocycles. The summed E-state index contributed by atoms with van der Waals surface area (Å²) >= 11 is 0. The van der Waals surface area contributed by atoms with Crippen LogP contribution in [0.25, 0.3) is 0 Å². The van der Waals surface area contributed by atoms with Crippen molar-refractivity contribution >= 4 is 5.91 Å². The lowest BCUT2D eigenvalue weighted by molar-refractivity contribution is -0.117. The highest BCUT2D eigenvalue weighted by atomic mass is 16.1. The van der Waals surface area contributed by atoms with Gasteiger partial charge in [-0.15, -0.1) is 0 Å². The Labute approximate surface area is 103 Å². The SMILES string of the molecule is CCCNC(=O)/C(C#N)=C\N1CCC(C)CC1. The fraction of sp³-hybridized carbons (Fsp3) is 0.692. The first kappa shape index (κ1) is 13.6. The van der Waals surface area contributed by atoms with Gasteiger partial charge in [-0.3, -0.25) is 4.79 Å². The maximum absolute atomic E-state index is 11.6. The zero-order valence-corrected chi connectivity index (χ0v) is 10.7. The number of likely N-dealkylation sites (tertiary alicyclic amines) is 1. The zero-order chi connectivity index (χ0) is 12.7. The maximum atomic E-state index is 11.6. The van der Waals surface area contributed by atoms with Gasteiger partial charge in [-0.2, -0.15) is 5.26 Å². The highest BCUT2D eigenvalue weighted by molar-refractivity contribution is 5.97. The Hall–Kier alpha value is -1.50. The number of carbonyl (C=O) groups excluding carboxylic acids is 1. The van der Waals surface area contributed by atoms with E-state index >= 15 is 0 Å². The summed E-state index contributed by atoms with van der Waals surface area (Å²) in [6.07, 6.45) is 4.85. The van der Waals surface area contributed by atoms with Gasteiger partial charge in [0.1, 0.15) is 11.6 Å². The molecule has 0 unspecified atom stereocenters. The van der Waals surface area contributed by atoms with E-state index in [-0.39, 0.29) is 11.5 Å². The quantitative estimate of drug-likeness (QED) is 0.595. The fourth-order valence-electron chi connectivity index (χ4n) is 1.81. The average molecular weight is 235 g/mol. The predicted molar refractivity (Wildman–Crippen MR) is 67.0 cm³/mol. The van der Waals surface area contributed by atoms with Crippen molar-refractivity contribution in [2.24, 2.45) is 5.92 Å². The molecule has 1 fully saturated rings. The molecule has 1 amide bonds. The van der Waals surface area contributed by atoms with E-state index in [1.807, 2.05) is 13.0 Å². The first-order chi connectivity index (χ1) is 8.17. The van der Waals surface area contributed by atoms with Crippen LogP contribution in [0.15, 0.2) is 11.8 Å². The summed E-state index contributed by atoms with van der Waals surface area (Å²) in [7, 11) is 0. The van der Waals surface area contributed by atoms with E-state index < -0.39 is 0 Å². The number of hydrogen-bond acceptors (Lipinski definition) is 3. The molecule has 1 N–H and O–H groups in total. The number of rotatable bonds is 4. The molecule has 0 spiro atoms. The van der Waals surface area contributed by atoms with Crippen molar-refractivity contribution in [2.75, 3.05) is 19.6 Å². The molecule has 0 aromatic rings. The zero-order valence-electron chi connectivity index (χ0n) is 10.7. The summed E-state index contributed by atoms with van der Waals surface area (Å²) in [6, 6.07) is 1.98. The molecular formula is C13H21N3O. The molecule has 17 heavy (non-hydrogen) atoms. The smallest absolute Gasteiger partial charge is 0.263 e. The Balaban J connectivity index is 2.54. The van der Waals surface area contributed by atoms with Crippen LogP contribution < -0.4 is 5.32 Å². The van der Waals surface area contributed by atoms with Gasteiger partial charge in [-0.1, -0.05) is 13.8 Å². The highest BCUT2D eigenvalue weighted by Gasteiger charge is 2.15. The lowest BCUT2D eigenvalue weighted by atomic mass is 9.99. The van der Waals surface area contributed by atoms with E-state index in [0.29, 0.717) is 6.54 Å². The molecule has 0 atom stereocenters. The van der Waals surface area contributed by atoms with Gasteiger partial charge in [0.2, 0.25) is 0 Å². The van der Waals surface area contributed by atoms with Gasteiger partial charge in [-0.05, 0) is 25.2 Å². The van der Waals surface area contributed by atoms with E-state index in [1.54, 1.807) is 6.20 Å². The van der Waals surface area contributed by atoms with Gasteiger partial charge in [-0.25, -0.2) is 0 Å². The van der Waals surface area contributed by atoms with Crippen molar-refractivity contribution in [3.8, 4) is 6.07 Å². The molecular weight excluding hydrogens is 214 g/mol. The number of amides is 1. The van der Waals surface area contributed by atoms with E-state index in [9.17, 15) is 4.79 Å². The predicted octanol–water partition coefficient (Wildman–Crippen LogP) is 1.65. The van der Waals surface area contributed by atoms with Gasteiger partial charge in [0.05, 0.1) is 0 Å². The van der Waals surface area contributed by atoms with Crippen molar-refractivity contribution in [1.29, 1.82) is 5.26 Å². The molecule has 4 nitrogen and oxygen atoms in total. The van der Waals surface area contributed by atoms with Crippen LogP contribution in [0.4, 0.5) is 0 Å². The lowest BCUT2D eigenvalue weighted by Crippen LogP contribution is -2.31. The summed E-state index contributed by atoms with van der Waals surface area (Å²) in [5.74, 6) is 0.493.